The predicted octanol–water partition coefficient (Wildman–Crippen LogP) is 5.94. The lowest BCUT2D eigenvalue weighted by atomic mass is 10.00. The van der Waals surface area contributed by atoms with Gasteiger partial charge in [-0.1, -0.05) is 60.7 Å². The summed E-state index contributed by atoms with van der Waals surface area (Å²) in [5.74, 6) is -0.496. The Balaban J connectivity index is 1.69. The summed E-state index contributed by atoms with van der Waals surface area (Å²) in [6.45, 7) is 6.91. The van der Waals surface area contributed by atoms with Crippen LogP contribution in [0.5, 0.6) is 5.75 Å². The number of amides is 1. The number of aryl methyl sites for hydroxylation is 1. The molecule has 0 aliphatic carbocycles. The molecule has 0 aliphatic heterocycles. The second kappa shape index (κ2) is 10.1. The highest BCUT2D eigenvalue weighted by atomic mass is 16.6. The number of carbonyl (C=O) groups excluding carboxylic acids is 2. The highest BCUT2D eigenvalue weighted by molar-refractivity contribution is 5.96. The quantitative estimate of drug-likeness (QED) is 0.214. The Morgan fingerprint density at radius 1 is 0.917 bits per heavy atom. The molecule has 0 bridgehead atoms. The first-order valence-corrected chi connectivity index (χ1v) is 11.5. The molecule has 4 rings (SSSR count). The normalized spacial score (nSPS) is 12.1. The van der Waals surface area contributed by atoms with E-state index in [1.807, 2.05) is 30.3 Å². The first-order valence-electron chi connectivity index (χ1n) is 11.5. The second-order valence-corrected chi connectivity index (χ2v) is 9.32. The van der Waals surface area contributed by atoms with Crippen molar-refractivity contribution in [1.29, 1.82) is 0 Å². The highest BCUT2D eigenvalue weighted by Crippen LogP contribution is 2.33. The van der Waals surface area contributed by atoms with E-state index < -0.39 is 29.3 Å². The van der Waals surface area contributed by atoms with Crippen LogP contribution < -0.4 is 15.7 Å². The first kappa shape index (κ1) is 24.7. The second-order valence-electron chi connectivity index (χ2n) is 9.32. The number of rotatable bonds is 5. The molecule has 1 heterocycles. The van der Waals surface area contributed by atoms with Crippen LogP contribution in [0.2, 0.25) is 0 Å². The average Bonchev–Trinajstić information content (AvgIpc) is 2.84. The van der Waals surface area contributed by atoms with E-state index in [1.54, 1.807) is 70.2 Å². The van der Waals surface area contributed by atoms with Crippen LogP contribution in [0, 0.1) is 6.92 Å². The van der Waals surface area contributed by atoms with E-state index in [9.17, 15) is 14.4 Å². The molecule has 1 N–H and O–H groups in total. The molecule has 1 atom stereocenters. The Morgan fingerprint density at radius 2 is 1.56 bits per heavy atom. The predicted molar refractivity (Wildman–Crippen MR) is 137 cm³/mol. The van der Waals surface area contributed by atoms with Crippen LogP contribution in [0.1, 0.15) is 37.9 Å². The van der Waals surface area contributed by atoms with E-state index >= 15 is 0 Å². The number of hydrogen-bond donors (Lipinski definition) is 1. The van der Waals surface area contributed by atoms with Crippen LogP contribution in [0.25, 0.3) is 22.1 Å². The lowest BCUT2D eigenvalue weighted by Gasteiger charge is -2.23. The lowest BCUT2D eigenvalue weighted by Crippen LogP contribution is -2.39. The van der Waals surface area contributed by atoms with Crippen molar-refractivity contribution < 1.29 is 23.5 Å². The van der Waals surface area contributed by atoms with Crippen molar-refractivity contribution in [2.75, 3.05) is 0 Å². The maximum atomic E-state index is 13.3. The molecule has 1 aromatic heterocycles. The minimum absolute atomic E-state index is 0.216. The lowest BCUT2D eigenvalue weighted by molar-refractivity contribution is -0.137. The van der Waals surface area contributed by atoms with Crippen molar-refractivity contribution in [3.63, 3.8) is 0 Å². The number of carbonyl (C=O) groups is 2. The number of alkyl carbamates (subject to hydrolysis) is 1. The van der Waals surface area contributed by atoms with Crippen LogP contribution in [-0.2, 0) is 9.53 Å². The van der Waals surface area contributed by atoms with Crippen LogP contribution in [0.3, 0.4) is 0 Å². The number of ether oxygens (including phenoxy) is 2. The van der Waals surface area contributed by atoms with Crippen molar-refractivity contribution >= 4 is 23.0 Å². The molecule has 7 nitrogen and oxygen atoms in total. The number of hydrogen-bond acceptors (Lipinski definition) is 6. The van der Waals surface area contributed by atoms with Crippen molar-refractivity contribution in [3.8, 4) is 16.9 Å². The van der Waals surface area contributed by atoms with Gasteiger partial charge in [-0.15, -0.1) is 0 Å². The number of esters is 1. The maximum absolute atomic E-state index is 13.3. The van der Waals surface area contributed by atoms with E-state index in [1.165, 1.54) is 6.07 Å². The van der Waals surface area contributed by atoms with Gasteiger partial charge in [-0.3, -0.25) is 0 Å². The van der Waals surface area contributed by atoms with Crippen molar-refractivity contribution in [2.45, 2.75) is 39.3 Å². The van der Waals surface area contributed by atoms with E-state index in [0.717, 1.165) is 11.1 Å². The SMILES string of the molecule is Cc1c(OC(=O)[C@@H](NC(=O)OC(C)(C)C)c2ccccc2)ccc2c(-c3ccccc3)cc(=O)oc12. The van der Waals surface area contributed by atoms with Gasteiger partial charge in [0.25, 0.3) is 0 Å². The van der Waals surface area contributed by atoms with Gasteiger partial charge < -0.3 is 19.2 Å². The van der Waals surface area contributed by atoms with Crippen LogP contribution in [-0.4, -0.2) is 17.7 Å². The van der Waals surface area contributed by atoms with Gasteiger partial charge >= 0.3 is 17.7 Å². The summed E-state index contributed by atoms with van der Waals surface area (Å²) in [5, 5.41) is 3.31. The zero-order chi connectivity index (χ0) is 25.9. The van der Waals surface area contributed by atoms with Gasteiger partial charge in [-0.2, -0.15) is 0 Å². The summed E-state index contributed by atoms with van der Waals surface area (Å²) in [4.78, 5) is 38.1. The number of fused-ring (bicyclic) bond motifs is 1. The van der Waals surface area contributed by atoms with Crippen LogP contribution >= 0.6 is 0 Å². The molecule has 0 unspecified atom stereocenters. The van der Waals surface area contributed by atoms with E-state index in [-0.39, 0.29) is 5.75 Å². The number of nitrogens with one attached hydrogen (secondary N) is 1. The molecule has 7 heteroatoms. The van der Waals surface area contributed by atoms with Gasteiger partial charge in [-0.25, -0.2) is 14.4 Å². The summed E-state index contributed by atoms with van der Waals surface area (Å²) in [7, 11) is 0. The van der Waals surface area contributed by atoms with Crippen LogP contribution in [0.4, 0.5) is 4.79 Å². The molecule has 0 radical (unpaired) electrons. The maximum Gasteiger partial charge on any atom is 0.408 e. The minimum atomic E-state index is -1.11. The summed E-state index contributed by atoms with van der Waals surface area (Å²) in [6, 6.07) is 22.0. The van der Waals surface area contributed by atoms with Gasteiger partial charge in [0.05, 0.1) is 0 Å². The molecule has 36 heavy (non-hydrogen) atoms. The van der Waals surface area contributed by atoms with E-state index in [4.69, 9.17) is 13.9 Å². The molecule has 4 aromatic rings. The Kier molecular flexibility index (Phi) is 6.92. The molecule has 1 amide bonds. The molecule has 0 spiro atoms. The smallest absolute Gasteiger partial charge is 0.408 e. The van der Waals surface area contributed by atoms with Gasteiger partial charge in [0.1, 0.15) is 16.9 Å². The Morgan fingerprint density at radius 3 is 2.19 bits per heavy atom. The minimum Gasteiger partial charge on any atom is -0.444 e. The third-order valence-electron chi connectivity index (χ3n) is 5.44. The topological polar surface area (TPSA) is 94.8 Å². The average molecular weight is 486 g/mol. The molecule has 184 valence electrons. The third-order valence-corrected chi connectivity index (χ3v) is 5.44. The molecule has 0 saturated carbocycles. The van der Waals surface area contributed by atoms with Crippen molar-refractivity contribution in [1.82, 2.24) is 5.32 Å². The summed E-state index contributed by atoms with van der Waals surface area (Å²) >= 11 is 0. The van der Waals surface area contributed by atoms with Crippen molar-refractivity contribution in [3.05, 3.63) is 100 Å². The fourth-order valence-corrected chi connectivity index (χ4v) is 3.83. The molecule has 0 fully saturated rings. The molecule has 3 aromatic carbocycles. The van der Waals surface area contributed by atoms with Gasteiger partial charge in [0.2, 0.25) is 0 Å². The summed E-state index contributed by atoms with van der Waals surface area (Å²) in [5.41, 5.74) is 1.68. The summed E-state index contributed by atoms with van der Waals surface area (Å²) < 4.78 is 16.6. The van der Waals surface area contributed by atoms with E-state index in [2.05, 4.69) is 5.32 Å². The molecule has 0 saturated heterocycles. The Bertz CT molecular complexity index is 1450. The standard InChI is InChI=1S/C29H27NO6/c1-18-23(16-15-21-22(17-24(31)35-26(18)21)19-11-7-5-8-12-19)34-27(32)25(20-13-9-6-10-14-20)30-28(33)36-29(2,3)4/h5-17,25H,1-4H3,(H,30,33)/t25-/m0/s1. The highest BCUT2D eigenvalue weighted by Gasteiger charge is 2.28. The van der Waals surface area contributed by atoms with Crippen molar-refractivity contribution in [2.24, 2.45) is 0 Å². The monoisotopic (exact) mass is 485 g/mol. The van der Waals surface area contributed by atoms with E-state index in [0.29, 0.717) is 22.1 Å². The number of benzene rings is 3. The Labute approximate surface area is 208 Å². The molecule has 0 aliphatic rings. The Hall–Kier alpha value is -4.39. The fourth-order valence-electron chi connectivity index (χ4n) is 3.83. The first-order chi connectivity index (χ1) is 17.1. The molecular weight excluding hydrogens is 458 g/mol. The third kappa shape index (κ3) is 5.63. The van der Waals surface area contributed by atoms with Gasteiger partial charge in [-0.05, 0) is 56.5 Å². The summed E-state index contributed by atoms with van der Waals surface area (Å²) in [6.07, 6.45) is -0.748. The fraction of sp³-hybridized carbons (Fsp3) is 0.207. The van der Waals surface area contributed by atoms with Gasteiger partial charge in [0, 0.05) is 17.0 Å². The zero-order valence-electron chi connectivity index (χ0n) is 20.5. The largest absolute Gasteiger partial charge is 0.444 e. The zero-order valence-corrected chi connectivity index (χ0v) is 20.5. The van der Waals surface area contributed by atoms with Crippen LogP contribution in [0.15, 0.2) is 88.1 Å². The molecular formula is C29H27NO6. The van der Waals surface area contributed by atoms with Gasteiger partial charge in [0.15, 0.2) is 6.04 Å².